The van der Waals surface area contributed by atoms with Gasteiger partial charge in [-0.3, -0.25) is 14.9 Å². The summed E-state index contributed by atoms with van der Waals surface area (Å²) in [6.07, 6.45) is 3.78. The number of nitrogens with one attached hydrogen (secondary N) is 1. The molecule has 6 nitrogen and oxygen atoms in total. The highest BCUT2D eigenvalue weighted by molar-refractivity contribution is 6.03. The Hall–Kier alpha value is -2.63. The van der Waals surface area contributed by atoms with E-state index in [9.17, 15) is 9.59 Å². The number of rotatable bonds is 1. The Morgan fingerprint density at radius 3 is 2.95 bits per heavy atom. The van der Waals surface area contributed by atoms with Crippen molar-refractivity contribution in [3.63, 3.8) is 0 Å². The molecule has 6 heteroatoms. The predicted molar refractivity (Wildman–Crippen MR) is 68.9 cm³/mol. The van der Waals surface area contributed by atoms with Crippen LogP contribution in [0.4, 0.5) is 0 Å². The number of nitrogens with zero attached hydrogens (tertiary/aromatic N) is 1. The topological polar surface area (TPSA) is 85.3 Å². The maximum absolute atomic E-state index is 12.0. The third-order valence-corrected chi connectivity index (χ3v) is 3.67. The first kappa shape index (κ1) is 11.2. The lowest BCUT2D eigenvalue weighted by molar-refractivity contribution is -0.134. The predicted octanol–water partition coefficient (Wildman–Crippen LogP) is 2.09. The average molecular weight is 270 g/mol. The van der Waals surface area contributed by atoms with Crippen molar-refractivity contribution in [3.05, 3.63) is 30.4 Å². The second-order valence-corrected chi connectivity index (χ2v) is 4.86. The number of fused-ring (bicyclic) bond motifs is 2. The van der Waals surface area contributed by atoms with Crippen molar-refractivity contribution in [2.75, 3.05) is 0 Å². The molecule has 1 atom stereocenters. The standard InChI is InChI=1S/C14H10N2O4/c17-13-2-1-7(14(18)16-13)9-5-19-11-4-10-12(3-8(9)11)20-6-15-10/h3-7H,1-2H2,(H,16,17,18)/t7-/m0/s1. The van der Waals surface area contributed by atoms with Crippen LogP contribution in [0.3, 0.4) is 0 Å². The van der Waals surface area contributed by atoms with Gasteiger partial charge in [0.2, 0.25) is 11.8 Å². The fraction of sp³-hybridized carbons (Fsp3) is 0.214. The van der Waals surface area contributed by atoms with Crippen LogP contribution in [0.2, 0.25) is 0 Å². The highest BCUT2D eigenvalue weighted by Crippen LogP contribution is 2.34. The Bertz CT molecular complexity index is 845. The number of imide groups is 1. The SMILES string of the molecule is O=C1CC[C@@H](c2coc3cc4ncoc4cc23)C(=O)N1. The van der Waals surface area contributed by atoms with Crippen LogP contribution >= 0.6 is 0 Å². The zero-order chi connectivity index (χ0) is 13.7. The Labute approximate surface area is 112 Å². The van der Waals surface area contributed by atoms with E-state index in [-0.39, 0.29) is 17.7 Å². The molecule has 2 amide bonds. The van der Waals surface area contributed by atoms with Crippen LogP contribution in [0.15, 0.2) is 33.6 Å². The van der Waals surface area contributed by atoms with E-state index in [4.69, 9.17) is 8.83 Å². The molecule has 20 heavy (non-hydrogen) atoms. The molecular formula is C14H10N2O4. The van der Waals surface area contributed by atoms with Crippen LogP contribution in [0.1, 0.15) is 24.3 Å². The van der Waals surface area contributed by atoms with Gasteiger partial charge in [0.05, 0.1) is 12.2 Å². The van der Waals surface area contributed by atoms with Gasteiger partial charge in [0.1, 0.15) is 11.1 Å². The minimum Gasteiger partial charge on any atom is -0.464 e. The highest BCUT2D eigenvalue weighted by atomic mass is 16.3. The summed E-state index contributed by atoms with van der Waals surface area (Å²) >= 11 is 0. The average Bonchev–Trinajstić information content (AvgIpc) is 3.02. The lowest BCUT2D eigenvalue weighted by Crippen LogP contribution is -2.39. The van der Waals surface area contributed by atoms with Crippen molar-refractivity contribution in [3.8, 4) is 0 Å². The van der Waals surface area contributed by atoms with E-state index in [1.807, 2.05) is 6.07 Å². The minimum absolute atomic E-state index is 0.225. The van der Waals surface area contributed by atoms with Crippen molar-refractivity contribution in [1.82, 2.24) is 10.3 Å². The number of oxazole rings is 1. The molecule has 1 aliphatic heterocycles. The molecule has 1 aliphatic rings. The lowest BCUT2D eigenvalue weighted by Gasteiger charge is -2.19. The fourth-order valence-corrected chi connectivity index (χ4v) is 2.66. The van der Waals surface area contributed by atoms with Gasteiger partial charge in [0.25, 0.3) is 0 Å². The largest absolute Gasteiger partial charge is 0.464 e. The molecule has 2 aromatic heterocycles. The van der Waals surface area contributed by atoms with Gasteiger partial charge < -0.3 is 8.83 Å². The van der Waals surface area contributed by atoms with E-state index in [0.717, 1.165) is 10.9 Å². The summed E-state index contributed by atoms with van der Waals surface area (Å²) in [5, 5.41) is 3.18. The molecule has 3 heterocycles. The maximum atomic E-state index is 12.0. The number of carbonyl (C=O) groups excluding carboxylic acids is 2. The van der Waals surface area contributed by atoms with Crippen molar-refractivity contribution in [1.29, 1.82) is 0 Å². The Morgan fingerprint density at radius 1 is 1.20 bits per heavy atom. The highest BCUT2D eigenvalue weighted by Gasteiger charge is 2.30. The molecule has 0 aliphatic carbocycles. The number of hydrogen-bond acceptors (Lipinski definition) is 5. The van der Waals surface area contributed by atoms with Crippen molar-refractivity contribution >= 4 is 33.9 Å². The first-order valence-electron chi connectivity index (χ1n) is 6.30. The van der Waals surface area contributed by atoms with Gasteiger partial charge in [-0.15, -0.1) is 0 Å². The van der Waals surface area contributed by atoms with Gasteiger partial charge in [-0.05, 0) is 12.5 Å². The number of amides is 2. The maximum Gasteiger partial charge on any atom is 0.234 e. The number of benzene rings is 1. The normalized spacial score (nSPS) is 19.7. The van der Waals surface area contributed by atoms with Gasteiger partial charge in [-0.2, -0.15) is 0 Å². The Morgan fingerprint density at radius 2 is 2.10 bits per heavy atom. The second-order valence-electron chi connectivity index (χ2n) is 4.86. The summed E-state index contributed by atoms with van der Waals surface area (Å²) in [7, 11) is 0. The third-order valence-electron chi connectivity index (χ3n) is 3.67. The smallest absolute Gasteiger partial charge is 0.234 e. The second kappa shape index (κ2) is 3.93. The van der Waals surface area contributed by atoms with E-state index in [2.05, 4.69) is 10.3 Å². The van der Waals surface area contributed by atoms with Crippen molar-refractivity contribution < 1.29 is 18.4 Å². The summed E-state index contributed by atoms with van der Waals surface area (Å²) in [6.45, 7) is 0. The molecular weight excluding hydrogens is 260 g/mol. The Balaban J connectivity index is 1.86. The molecule has 1 saturated heterocycles. The molecule has 0 bridgehead atoms. The lowest BCUT2D eigenvalue weighted by atomic mass is 9.90. The number of aromatic nitrogens is 1. The van der Waals surface area contributed by atoms with E-state index >= 15 is 0 Å². The quantitative estimate of drug-likeness (QED) is 0.684. The minimum atomic E-state index is -0.366. The van der Waals surface area contributed by atoms with Gasteiger partial charge in [0, 0.05) is 23.4 Å². The van der Waals surface area contributed by atoms with E-state index in [1.165, 1.54) is 6.39 Å². The fourth-order valence-electron chi connectivity index (χ4n) is 2.66. The molecule has 0 radical (unpaired) electrons. The third kappa shape index (κ3) is 1.54. The summed E-state index contributed by atoms with van der Waals surface area (Å²) in [5.74, 6) is -0.868. The monoisotopic (exact) mass is 270 g/mol. The molecule has 4 rings (SSSR count). The van der Waals surface area contributed by atoms with E-state index < -0.39 is 0 Å². The number of piperidine rings is 1. The van der Waals surface area contributed by atoms with Crippen LogP contribution in [0, 0.1) is 0 Å². The molecule has 3 aromatic rings. The van der Waals surface area contributed by atoms with Crippen LogP contribution in [0.25, 0.3) is 22.1 Å². The van der Waals surface area contributed by atoms with Crippen molar-refractivity contribution in [2.24, 2.45) is 0 Å². The molecule has 1 fully saturated rings. The molecule has 0 unspecified atom stereocenters. The zero-order valence-corrected chi connectivity index (χ0v) is 10.4. The zero-order valence-electron chi connectivity index (χ0n) is 10.4. The number of carbonyl (C=O) groups is 2. The summed E-state index contributed by atoms with van der Waals surface area (Å²) in [5.41, 5.74) is 2.79. The Kier molecular flexibility index (Phi) is 2.20. The summed E-state index contributed by atoms with van der Waals surface area (Å²) < 4.78 is 10.8. The van der Waals surface area contributed by atoms with Crippen LogP contribution in [-0.2, 0) is 9.59 Å². The molecule has 0 saturated carbocycles. The van der Waals surface area contributed by atoms with Gasteiger partial charge in [-0.1, -0.05) is 0 Å². The summed E-state index contributed by atoms with van der Waals surface area (Å²) in [6, 6.07) is 3.60. The number of furan rings is 1. The van der Waals surface area contributed by atoms with E-state index in [1.54, 1.807) is 12.3 Å². The van der Waals surface area contributed by atoms with Gasteiger partial charge in [-0.25, -0.2) is 4.98 Å². The first-order valence-corrected chi connectivity index (χ1v) is 6.30. The van der Waals surface area contributed by atoms with Gasteiger partial charge >= 0.3 is 0 Å². The van der Waals surface area contributed by atoms with E-state index in [0.29, 0.717) is 29.5 Å². The van der Waals surface area contributed by atoms with Crippen LogP contribution in [-0.4, -0.2) is 16.8 Å². The molecule has 0 spiro atoms. The van der Waals surface area contributed by atoms with Crippen LogP contribution < -0.4 is 5.32 Å². The number of hydrogen-bond donors (Lipinski definition) is 1. The molecule has 1 aromatic carbocycles. The summed E-state index contributed by atoms with van der Waals surface area (Å²) in [4.78, 5) is 27.2. The van der Waals surface area contributed by atoms with Crippen LogP contribution in [0.5, 0.6) is 0 Å². The molecule has 100 valence electrons. The van der Waals surface area contributed by atoms with Gasteiger partial charge in [0.15, 0.2) is 12.0 Å². The molecule has 1 N–H and O–H groups in total. The first-order chi connectivity index (χ1) is 9.72. The van der Waals surface area contributed by atoms with Crippen molar-refractivity contribution in [2.45, 2.75) is 18.8 Å².